The maximum atomic E-state index is 5.35. The Morgan fingerprint density at radius 2 is 1.40 bits per heavy atom. The van der Waals surface area contributed by atoms with Crippen molar-refractivity contribution >= 4 is 0 Å². The Hall–Kier alpha value is -1.60. The van der Waals surface area contributed by atoms with Gasteiger partial charge < -0.3 is 5.73 Å². The molecule has 2 aromatic carbocycles. The van der Waals surface area contributed by atoms with Gasteiger partial charge in [0.15, 0.2) is 0 Å². The number of nitrogens with two attached hydrogens (primary N) is 1. The number of hydrogen-bond acceptors (Lipinski definition) is 1. The summed E-state index contributed by atoms with van der Waals surface area (Å²) in [4.78, 5) is 0. The van der Waals surface area contributed by atoms with Crippen LogP contribution < -0.4 is 5.73 Å². The van der Waals surface area contributed by atoms with Crippen molar-refractivity contribution in [3.05, 3.63) is 71.8 Å². The van der Waals surface area contributed by atoms with Crippen LogP contribution >= 0.6 is 0 Å². The summed E-state index contributed by atoms with van der Waals surface area (Å²) >= 11 is 0. The van der Waals surface area contributed by atoms with Crippen LogP contribution in [0, 0.1) is 0 Å². The zero-order valence-electron chi connectivity index (χ0n) is 12.8. The smallest absolute Gasteiger partial charge is 0.0178 e. The summed E-state index contributed by atoms with van der Waals surface area (Å²) in [6, 6.07) is 20.8. The lowest BCUT2D eigenvalue weighted by Crippen LogP contribution is -1.95. The molecule has 2 rings (SSSR count). The van der Waals surface area contributed by atoms with E-state index in [2.05, 4.69) is 44.2 Å². The van der Waals surface area contributed by atoms with Crippen molar-refractivity contribution in [1.82, 2.24) is 0 Å². The van der Waals surface area contributed by atoms with Crippen molar-refractivity contribution in [2.75, 3.05) is 0 Å². The Bertz CT molecular complexity index is 436. The molecule has 0 radical (unpaired) electrons. The summed E-state index contributed by atoms with van der Waals surface area (Å²) in [5.41, 5.74) is 8.04. The predicted octanol–water partition coefficient (Wildman–Crippen LogP) is 5.13. The third-order valence-electron chi connectivity index (χ3n) is 3.48. The van der Waals surface area contributed by atoms with Gasteiger partial charge in [0, 0.05) is 6.54 Å². The third kappa shape index (κ3) is 6.03. The van der Waals surface area contributed by atoms with Gasteiger partial charge in [0.1, 0.15) is 0 Å². The standard InChI is InChI=1S/C12H18.C7H9N/c1-3-8-11(4-2)12-9-6-5-7-10-12;8-6-7-4-2-1-3-5-7/h5-7,9-11H,3-4,8H2,1-2H3;1-5H,6,8H2. The van der Waals surface area contributed by atoms with Gasteiger partial charge >= 0.3 is 0 Å². The van der Waals surface area contributed by atoms with Gasteiger partial charge in [-0.1, -0.05) is 80.9 Å². The highest BCUT2D eigenvalue weighted by Gasteiger charge is 2.06. The Morgan fingerprint density at radius 1 is 0.850 bits per heavy atom. The zero-order valence-corrected chi connectivity index (χ0v) is 12.8. The topological polar surface area (TPSA) is 26.0 Å². The lowest BCUT2D eigenvalue weighted by molar-refractivity contribution is 0.596. The molecule has 0 bridgehead atoms. The molecule has 0 spiro atoms. The van der Waals surface area contributed by atoms with E-state index in [0.29, 0.717) is 6.54 Å². The second-order valence-electron chi connectivity index (χ2n) is 4.99. The van der Waals surface area contributed by atoms with Crippen LogP contribution in [0.5, 0.6) is 0 Å². The molecule has 108 valence electrons. The minimum Gasteiger partial charge on any atom is -0.326 e. The van der Waals surface area contributed by atoms with Crippen LogP contribution in [0.2, 0.25) is 0 Å². The van der Waals surface area contributed by atoms with E-state index in [0.717, 1.165) is 5.92 Å². The van der Waals surface area contributed by atoms with E-state index >= 15 is 0 Å². The third-order valence-corrected chi connectivity index (χ3v) is 3.48. The molecule has 1 atom stereocenters. The van der Waals surface area contributed by atoms with Gasteiger partial charge in [-0.25, -0.2) is 0 Å². The highest BCUT2D eigenvalue weighted by Crippen LogP contribution is 2.23. The molecule has 0 heterocycles. The second kappa shape index (κ2) is 10.2. The van der Waals surface area contributed by atoms with Gasteiger partial charge in [-0.2, -0.15) is 0 Å². The van der Waals surface area contributed by atoms with Gasteiger partial charge in [-0.05, 0) is 29.9 Å². The molecule has 0 aliphatic heterocycles. The highest BCUT2D eigenvalue weighted by molar-refractivity contribution is 5.19. The summed E-state index contributed by atoms with van der Waals surface area (Å²) in [7, 11) is 0. The van der Waals surface area contributed by atoms with Crippen LogP contribution in [0.4, 0.5) is 0 Å². The van der Waals surface area contributed by atoms with E-state index in [4.69, 9.17) is 5.73 Å². The molecule has 0 fully saturated rings. The maximum absolute atomic E-state index is 5.35. The first kappa shape index (κ1) is 16.5. The van der Waals surface area contributed by atoms with Gasteiger partial charge in [0.25, 0.3) is 0 Å². The fraction of sp³-hybridized carbons (Fsp3) is 0.368. The zero-order chi connectivity index (χ0) is 14.6. The molecule has 0 amide bonds. The van der Waals surface area contributed by atoms with Crippen LogP contribution in [0.25, 0.3) is 0 Å². The van der Waals surface area contributed by atoms with E-state index in [1.165, 1.54) is 30.4 Å². The van der Waals surface area contributed by atoms with Crippen LogP contribution in [0.15, 0.2) is 60.7 Å². The first-order valence-corrected chi connectivity index (χ1v) is 7.60. The molecule has 0 aliphatic carbocycles. The minimum absolute atomic E-state index is 0.640. The molecule has 0 aliphatic rings. The molecule has 0 saturated carbocycles. The van der Waals surface area contributed by atoms with Gasteiger partial charge in [-0.3, -0.25) is 0 Å². The fourth-order valence-corrected chi connectivity index (χ4v) is 2.29. The average Bonchev–Trinajstić information content (AvgIpc) is 2.55. The molecular formula is C19H27N. The van der Waals surface area contributed by atoms with Gasteiger partial charge in [0.05, 0.1) is 0 Å². The van der Waals surface area contributed by atoms with Gasteiger partial charge in [-0.15, -0.1) is 0 Å². The first-order valence-electron chi connectivity index (χ1n) is 7.60. The number of rotatable bonds is 5. The lowest BCUT2D eigenvalue weighted by atomic mass is 9.92. The monoisotopic (exact) mass is 269 g/mol. The molecule has 2 N–H and O–H groups in total. The first-order chi connectivity index (χ1) is 9.81. The van der Waals surface area contributed by atoms with Crippen molar-refractivity contribution in [1.29, 1.82) is 0 Å². The Labute approximate surface area is 123 Å². The number of hydrogen-bond donors (Lipinski definition) is 1. The van der Waals surface area contributed by atoms with Crippen molar-refractivity contribution in [2.24, 2.45) is 5.73 Å². The summed E-state index contributed by atoms with van der Waals surface area (Å²) in [6.45, 7) is 5.17. The van der Waals surface area contributed by atoms with E-state index < -0.39 is 0 Å². The quantitative estimate of drug-likeness (QED) is 0.800. The van der Waals surface area contributed by atoms with E-state index in [1.54, 1.807) is 0 Å². The molecule has 20 heavy (non-hydrogen) atoms. The largest absolute Gasteiger partial charge is 0.326 e. The van der Waals surface area contributed by atoms with Crippen LogP contribution in [-0.2, 0) is 6.54 Å². The Balaban J connectivity index is 0.000000217. The summed E-state index contributed by atoms with van der Waals surface area (Å²) < 4.78 is 0. The molecule has 0 aromatic heterocycles. The predicted molar refractivity (Wildman–Crippen MR) is 88.7 cm³/mol. The minimum atomic E-state index is 0.640. The lowest BCUT2D eigenvalue weighted by Gasteiger charge is -2.13. The maximum Gasteiger partial charge on any atom is 0.0178 e. The van der Waals surface area contributed by atoms with E-state index in [-0.39, 0.29) is 0 Å². The Kier molecular flexibility index (Phi) is 8.41. The van der Waals surface area contributed by atoms with Gasteiger partial charge in [0.2, 0.25) is 0 Å². The fourth-order valence-electron chi connectivity index (χ4n) is 2.29. The summed E-state index contributed by atoms with van der Waals surface area (Å²) in [5.74, 6) is 0.774. The molecule has 0 saturated heterocycles. The summed E-state index contributed by atoms with van der Waals surface area (Å²) in [6.07, 6.45) is 3.87. The SMILES string of the molecule is CCCC(CC)c1ccccc1.NCc1ccccc1. The van der Waals surface area contributed by atoms with E-state index in [1.807, 2.05) is 30.3 Å². The average molecular weight is 269 g/mol. The molecule has 1 nitrogen and oxygen atoms in total. The van der Waals surface area contributed by atoms with Crippen LogP contribution in [0.1, 0.15) is 50.2 Å². The molecule has 1 unspecified atom stereocenters. The van der Waals surface area contributed by atoms with Crippen molar-refractivity contribution in [3.63, 3.8) is 0 Å². The molecule has 1 heteroatoms. The normalized spacial score (nSPS) is 11.3. The Morgan fingerprint density at radius 3 is 1.80 bits per heavy atom. The number of benzene rings is 2. The summed E-state index contributed by atoms with van der Waals surface area (Å²) in [5, 5.41) is 0. The van der Waals surface area contributed by atoms with Crippen molar-refractivity contribution in [2.45, 2.75) is 45.6 Å². The van der Waals surface area contributed by atoms with Crippen molar-refractivity contribution < 1.29 is 0 Å². The molecular weight excluding hydrogens is 242 g/mol. The van der Waals surface area contributed by atoms with Crippen LogP contribution in [0.3, 0.4) is 0 Å². The van der Waals surface area contributed by atoms with Crippen LogP contribution in [-0.4, -0.2) is 0 Å². The van der Waals surface area contributed by atoms with Crippen molar-refractivity contribution in [3.8, 4) is 0 Å². The van der Waals surface area contributed by atoms with E-state index in [9.17, 15) is 0 Å². The second-order valence-corrected chi connectivity index (χ2v) is 4.99. The molecule has 2 aromatic rings. The highest BCUT2D eigenvalue weighted by atomic mass is 14.5.